The van der Waals surface area contributed by atoms with Crippen molar-refractivity contribution in [3.63, 3.8) is 0 Å². The fourth-order valence-corrected chi connectivity index (χ4v) is 3.32. The summed E-state index contributed by atoms with van der Waals surface area (Å²) in [7, 11) is 1.78. The quantitative estimate of drug-likeness (QED) is 0.915. The average molecular weight is 340 g/mol. The smallest absolute Gasteiger partial charge is 0.249 e. The molecule has 7 nitrogen and oxygen atoms in total. The second-order valence-corrected chi connectivity index (χ2v) is 6.46. The van der Waals surface area contributed by atoms with Gasteiger partial charge >= 0.3 is 0 Å². The maximum Gasteiger partial charge on any atom is 0.249 e. The Bertz CT molecular complexity index is 791. The SMILES string of the molecule is CCC1C(=O)N(C)c2cnc(-c3ccncc3CN)nc2N1C(C)C. The van der Waals surface area contributed by atoms with Crippen LogP contribution in [-0.4, -0.2) is 40.0 Å². The molecule has 1 aliphatic rings. The third-order valence-corrected chi connectivity index (χ3v) is 4.61. The van der Waals surface area contributed by atoms with Gasteiger partial charge < -0.3 is 15.5 Å². The monoisotopic (exact) mass is 340 g/mol. The van der Waals surface area contributed by atoms with E-state index in [-0.39, 0.29) is 18.0 Å². The van der Waals surface area contributed by atoms with Gasteiger partial charge in [-0.05, 0) is 31.9 Å². The second kappa shape index (κ2) is 6.76. The summed E-state index contributed by atoms with van der Waals surface area (Å²) >= 11 is 0. The highest BCUT2D eigenvalue weighted by Gasteiger charge is 2.38. The van der Waals surface area contributed by atoms with E-state index in [0.29, 0.717) is 12.4 Å². The van der Waals surface area contributed by atoms with E-state index < -0.39 is 0 Å². The van der Waals surface area contributed by atoms with Crippen LogP contribution in [0.25, 0.3) is 11.4 Å². The van der Waals surface area contributed by atoms with Crippen LogP contribution >= 0.6 is 0 Å². The summed E-state index contributed by atoms with van der Waals surface area (Å²) in [6, 6.07) is 1.81. The van der Waals surface area contributed by atoms with E-state index in [2.05, 4.69) is 28.7 Å². The lowest BCUT2D eigenvalue weighted by Gasteiger charge is -2.42. The topological polar surface area (TPSA) is 88.2 Å². The minimum absolute atomic E-state index is 0.0756. The number of pyridine rings is 1. The van der Waals surface area contributed by atoms with Crippen molar-refractivity contribution >= 4 is 17.4 Å². The van der Waals surface area contributed by atoms with E-state index in [1.165, 1.54) is 0 Å². The standard InChI is InChI=1S/C18H24N6O/c1-5-14-18(25)23(4)15-10-21-16(22-17(15)24(14)11(2)3)13-6-7-20-9-12(13)8-19/h6-7,9-11,14H,5,8,19H2,1-4H3. The molecule has 3 heterocycles. The Balaban J connectivity index is 2.18. The van der Waals surface area contributed by atoms with Crippen molar-refractivity contribution in [3.8, 4) is 11.4 Å². The fraction of sp³-hybridized carbons (Fsp3) is 0.444. The molecular weight excluding hydrogens is 316 g/mol. The largest absolute Gasteiger partial charge is 0.340 e. The van der Waals surface area contributed by atoms with Crippen LogP contribution in [-0.2, 0) is 11.3 Å². The number of hydrogen-bond acceptors (Lipinski definition) is 6. The van der Waals surface area contributed by atoms with Gasteiger partial charge in [0, 0.05) is 37.6 Å². The van der Waals surface area contributed by atoms with Crippen molar-refractivity contribution < 1.29 is 4.79 Å². The first-order valence-corrected chi connectivity index (χ1v) is 8.55. The summed E-state index contributed by atoms with van der Waals surface area (Å²) in [6.07, 6.45) is 5.89. The van der Waals surface area contributed by atoms with E-state index in [0.717, 1.165) is 29.1 Å². The molecule has 1 amide bonds. The van der Waals surface area contributed by atoms with Gasteiger partial charge in [-0.15, -0.1) is 0 Å². The fourth-order valence-electron chi connectivity index (χ4n) is 3.32. The predicted molar refractivity (Wildman–Crippen MR) is 98.3 cm³/mol. The summed E-state index contributed by atoms with van der Waals surface area (Å²) in [4.78, 5) is 29.9. The molecule has 132 valence electrons. The third kappa shape index (κ3) is 2.84. The number of carbonyl (C=O) groups excluding carboxylic acids is 1. The van der Waals surface area contributed by atoms with Gasteiger partial charge in [0.05, 0.1) is 6.20 Å². The Kier molecular flexibility index (Phi) is 4.67. The molecule has 0 aliphatic carbocycles. The van der Waals surface area contributed by atoms with Crippen LogP contribution < -0.4 is 15.5 Å². The number of nitrogens with zero attached hydrogens (tertiary/aromatic N) is 5. The first-order chi connectivity index (χ1) is 12.0. The number of likely N-dealkylation sites (N-methyl/N-ethyl adjacent to an activating group) is 1. The van der Waals surface area contributed by atoms with Crippen LogP contribution in [0.5, 0.6) is 0 Å². The molecule has 25 heavy (non-hydrogen) atoms. The van der Waals surface area contributed by atoms with Gasteiger partial charge in [-0.2, -0.15) is 0 Å². The molecule has 2 aromatic heterocycles. The maximum absolute atomic E-state index is 12.7. The second-order valence-electron chi connectivity index (χ2n) is 6.46. The maximum atomic E-state index is 12.7. The lowest BCUT2D eigenvalue weighted by Crippen LogP contribution is -2.54. The van der Waals surface area contributed by atoms with E-state index in [9.17, 15) is 4.79 Å². The van der Waals surface area contributed by atoms with Crippen LogP contribution in [0.15, 0.2) is 24.7 Å². The van der Waals surface area contributed by atoms with Gasteiger partial charge in [0.25, 0.3) is 0 Å². The van der Waals surface area contributed by atoms with Crippen LogP contribution in [0.3, 0.4) is 0 Å². The number of anilines is 2. The van der Waals surface area contributed by atoms with E-state index in [1.807, 2.05) is 13.0 Å². The van der Waals surface area contributed by atoms with Gasteiger partial charge in [0.2, 0.25) is 5.91 Å². The summed E-state index contributed by atoms with van der Waals surface area (Å²) < 4.78 is 0. The number of hydrogen-bond donors (Lipinski definition) is 1. The lowest BCUT2D eigenvalue weighted by molar-refractivity contribution is -0.120. The zero-order chi connectivity index (χ0) is 18.1. The lowest BCUT2D eigenvalue weighted by atomic mass is 10.0. The molecule has 0 bridgehead atoms. The molecule has 1 unspecified atom stereocenters. The van der Waals surface area contributed by atoms with Crippen molar-refractivity contribution in [2.45, 2.75) is 45.8 Å². The highest BCUT2D eigenvalue weighted by molar-refractivity contribution is 6.04. The van der Waals surface area contributed by atoms with Crippen molar-refractivity contribution in [2.75, 3.05) is 16.8 Å². The van der Waals surface area contributed by atoms with Gasteiger partial charge in [-0.25, -0.2) is 9.97 Å². The zero-order valence-electron chi connectivity index (χ0n) is 15.1. The van der Waals surface area contributed by atoms with E-state index in [4.69, 9.17) is 10.7 Å². The number of aromatic nitrogens is 3. The van der Waals surface area contributed by atoms with Gasteiger partial charge in [0.1, 0.15) is 11.7 Å². The molecule has 0 spiro atoms. The normalized spacial score (nSPS) is 17.2. The van der Waals surface area contributed by atoms with Gasteiger partial charge in [-0.3, -0.25) is 9.78 Å². The molecule has 0 fully saturated rings. The number of fused-ring (bicyclic) bond motifs is 1. The molecular formula is C18H24N6O. The van der Waals surface area contributed by atoms with Gasteiger partial charge in [-0.1, -0.05) is 6.92 Å². The van der Waals surface area contributed by atoms with Crippen molar-refractivity contribution in [1.82, 2.24) is 15.0 Å². The number of carbonyl (C=O) groups is 1. The highest BCUT2D eigenvalue weighted by atomic mass is 16.2. The minimum Gasteiger partial charge on any atom is -0.340 e. The van der Waals surface area contributed by atoms with E-state index >= 15 is 0 Å². The molecule has 0 saturated carbocycles. The molecule has 1 atom stereocenters. The summed E-state index contributed by atoms with van der Waals surface area (Å²) in [5.74, 6) is 1.46. The molecule has 2 aromatic rings. The molecule has 1 aliphatic heterocycles. The van der Waals surface area contributed by atoms with Crippen LogP contribution in [0.1, 0.15) is 32.8 Å². The molecule has 0 aromatic carbocycles. The van der Waals surface area contributed by atoms with E-state index in [1.54, 1.807) is 30.5 Å². The summed E-state index contributed by atoms with van der Waals surface area (Å²) in [5.41, 5.74) is 8.32. The Morgan fingerprint density at radius 3 is 2.72 bits per heavy atom. The zero-order valence-corrected chi connectivity index (χ0v) is 15.1. The Morgan fingerprint density at radius 1 is 1.32 bits per heavy atom. The van der Waals surface area contributed by atoms with Crippen molar-refractivity contribution in [1.29, 1.82) is 0 Å². The number of nitrogens with two attached hydrogens (primary N) is 1. The minimum atomic E-state index is -0.216. The van der Waals surface area contributed by atoms with Crippen molar-refractivity contribution in [3.05, 3.63) is 30.2 Å². The van der Waals surface area contributed by atoms with Crippen LogP contribution in [0.2, 0.25) is 0 Å². The van der Waals surface area contributed by atoms with Crippen molar-refractivity contribution in [2.24, 2.45) is 5.73 Å². The van der Waals surface area contributed by atoms with Gasteiger partial charge in [0.15, 0.2) is 11.6 Å². The van der Waals surface area contributed by atoms with Crippen LogP contribution in [0.4, 0.5) is 11.5 Å². The summed E-state index contributed by atoms with van der Waals surface area (Å²) in [6.45, 7) is 6.54. The highest BCUT2D eigenvalue weighted by Crippen LogP contribution is 2.37. The molecule has 7 heteroatoms. The average Bonchev–Trinajstić information content (AvgIpc) is 2.63. The Labute approximate surface area is 147 Å². The Hall–Kier alpha value is -2.54. The molecule has 3 rings (SSSR count). The first-order valence-electron chi connectivity index (χ1n) is 8.55. The third-order valence-electron chi connectivity index (χ3n) is 4.61. The Morgan fingerprint density at radius 2 is 2.08 bits per heavy atom. The first kappa shape index (κ1) is 17.3. The molecule has 0 radical (unpaired) electrons. The number of rotatable bonds is 4. The predicted octanol–water partition coefficient (Wildman–Crippen LogP) is 1.97. The summed E-state index contributed by atoms with van der Waals surface area (Å²) in [5, 5.41) is 0. The molecule has 2 N–H and O–H groups in total. The molecule has 0 saturated heterocycles. The number of amides is 1. The van der Waals surface area contributed by atoms with Crippen LogP contribution in [0, 0.1) is 0 Å².